The van der Waals surface area contributed by atoms with Crippen LogP contribution in [0, 0.1) is 6.92 Å². The maximum absolute atomic E-state index is 13.0. The van der Waals surface area contributed by atoms with E-state index in [4.69, 9.17) is 4.74 Å². The average molecular weight is 389 g/mol. The molecule has 3 heterocycles. The molecule has 0 unspecified atom stereocenters. The summed E-state index contributed by atoms with van der Waals surface area (Å²) in [6, 6.07) is 3.94. The molecule has 0 bridgehead atoms. The summed E-state index contributed by atoms with van der Waals surface area (Å²) in [6.07, 6.45) is 2.84. The van der Waals surface area contributed by atoms with Gasteiger partial charge in [-0.3, -0.25) is 9.69 Å². The van der Waals surface area contributed by atoms with E-state index in [2.05, 4.69) is 28.7 Å². The number of amides is 1. The molecule has 3 rings (SSSR count). The molecule has 1 fully saturated rings. The number of pyridine rings is 1. The zero-order chi connectivity index (χ0) is 19.4. The molecule has 6 nitrogen and oxygen atoms in total. The molecule has 1 saturated heterocycles. The molecule has 0 aromatic carbocycles. The van der Waals surface area contributed by atoms with Gasteiger partial charge in [-0.15, -0.1) is 11.3 Å². The van der Waals surface area contributed by atoms with Crippen LogP contribution in [0.4, 0.5) is 0 Å². The molecular weight excluding hydrogens is 360 g/mol. The maximum Gasteiger partial charge on any atom is 0.265 e. The van der Waals surface area contributed by atoms with Crippen LogP contribution in [0.2, 0.25) is 0 Å². The second-order valence-electron chi connectivity index (χ2n) is 7.25. The molecule has 0 spiro atoms. The number of ether oxygens (including phenoxy) is 1. The van der Waals surface area contributed by atoms with Crippen LogP contribution in [0.1, 0.15) is 52.1 Å². The Morgan fingerprint density at radius 2 is 2.07 bits per heavy atom. The van der Waals surface area contributed by atoms with E-state index >= 15 is 0 Å². The molecule has 0 aliphatic carbocycles. The van der Waals surface area contributed by atoms with Crippen molar-refractivity contribution in [1.29, 1.82) is 0 Å². The second-order valence-corrected chi connectivity index (χ2v) is 8.28. The van der Waals surface area contributed by atoms with Gasteiger partial charge >= 0.3 is 0 Å². The van der Waals surface area contributed by atoms with Crippen molar-refractivity contribution in [2.75, 3.05) is 33.3 Å². The molecule has 1 aliphatic rings. The van der Waals surface area contributed by atoms with Gasteiger partial charge in [-0.25, -0.2) is 9.97 Å². The highest BCUT2D eigenvalue weighted by Gasteiger charge is 2.24. The van der Waals surface area contributed by atoms with Crippen LogP contribution in [0.5, 0.6) is 5.88 Å². The van der Waals surface area contributed by atoms with Crippen molar-refractivity contribution in [3.63, 3.8) is 0 Å². The van der Waals surface area contributed by atoms with Gasteiger partial charge in [-0.05, 0) is 18.9 Å². The predicted octanol–water partition coefficient (Wildman–Crippen LogP) is 3.33. The lowest BCUT2D eigenvalue weighted by molar-refractivity contribution is 0.0765. The van der Waals surface area contributed by atoms with Gasteiger partial charge in [-0.2, -0.15) is 0 Å². The summed E-state index contributed by atoms with van der Waals surface area (Å²) in [5.74, 6) is 1.12. The van der Waals surface area contributed by atoms with Gasteiger partial charge in [0.05, 0.1) is 17.8 Å². The Kier molecular flexibility index (Phi) is 6.44. The number of nitrogens with zero attached hydrogens (tertiary/aromatic N) is 4. The highest BCUT2D eigenvalue weighted by atomic mass is 32.1. The first-order valence-electron chi connectivity index (χ1n) is 9.45. The first-order valence-corrected chi connectivity index (χ1v) is 10.3. The number of aryl methyl sites for hydroxylation is 1. The first-order chi connectivity index (χ1) is 13.0. The quantitative estimate of drug-likeness (QED) is 0.786. The highest BCUT2D eigenvalue weighted by Crippen LogP contribution is 2.26. The Morgan fingerprint density at radius 1 is 1.26 bits per heavy atom. The standard InChI is InChI=1S/C20H28N4O2S/c1-14(2)19-22-15(3)18(27-19)20(25)24-9-5-8-23(10-11-24)13-16-6-7-17(26-4)21-12-16/h6-7,12,14H,5,8-11,13H2,1-4H3. The van der Waals surface area contributed by atoms with E-state index < -0.39 is 0 Å². The molecule has 2 aromatic rings. The van der Waals surface area contributed by atoms with E-state index in [1.54, 1.807) is 18.4 Å². The Labute approximate surface area is 165 Å². The third kappa shape index (κ3) is 4.84. The summed E-state index contributed by atoms with van der Waals surface area (Å²) < 4.78 is 5.11. The van der Waals surface area contributed by atoms with Crippen LogP contribution in [0.3, 0.4) is 0 Å². The van der Waals surface area contributed by atoms with E-state index in [-0.39, 0.29) is 5.91 Å². The Bertz CT molecular complexity index is 773. The lowest BCUT2D eigenvalue weighted by Gasteiger charge is -2.21. The summed E-state index contributed by atoms with van der Waals surface area (Å²) in [5.41, 5.74) is 2.02. The Morgan fingerprint density at radius 3 is 2.70 bits per heavy atom. The van der Waals surface area contributed by atoms with Crippen molar-refractivity contribution in [2.45, 2.75) is 39.7 Å². The van der Waals surface area contributed by atoms with Crippen molar-refractivity contribution in [3.05, 3.63) is 39.5 Å². The van der Waals surface area contributed by atoms with Gasteiger partial charge in [0.25, 0.3) is 5.91 Å². The number of hydrogen-bond acceptors (Lipinski definition) is 6. The summed E-state index contributed by atoms with van der Waals surface area (Å²) in [4.78, 5) is 27.0. The summed E-state index contributed by atoms with van der Waals surface area (Å²) in [7, 11) is 1.62. The van der Waals surface area contributed by atoms with Crippen LogP contribution >= 0.6 is 11.3 Å². The number of thiazole rings is 1. The minimum absolute atomic E-state index is 0.130. The summed E-state index contributed by atoms with van der Waals surface area (Å²) >= 11 is 1.55. The molecule has 0 N–H and O–H groups in total. The van der Waals surface area contributed by atoms with E-state index in [1.807, 2.05) is 30.2 Å². The Balaban J connectivity index is 1.61. The zero-order valence-electron chi connectivity index (χ0n) is 16.6. The van der Waals surface area contributed by atoms with Gasteiger partial charge in [0.15, 0.2) is 0 Å². The lowest BCUT2D eigenvalue weighted by Crippen LogP contribution is -2.35. The molecule has 2 aromatic heterocycles. The van der Waals surface area contributed by atoms with Gasteiger partial charge in [0.2, 0.25) is 5.88 Å². The first kappa shape index (κ1) is 19.8. The molecule has 0 saturated carbocycles. The average Bonchev–Trinajstić information content (AvgIpc) is 2.91. The van der Waals surface area contributed by atoms with E-state index in [0.29, 0.717) is 11.8 Å². The van der Waals surface area contributed by atoms with E-state index in [9.17, 15) is 4.79 Å². The molecule has 27 heavy (non-hydrogen) atoms. The van der Waals surface area contributed by atoms with Gasteiger partial charge in [0, 0.05) is 50.9 Å². The van der Waals surface area contributed by atoms with Crippen LogP contribution < -0.4 is 4.74 Å². The molecule has 0 radical (unpaired) electrons. The minimum Gasteiger partial charge on any atom is -0.481 e. The fraction of sp³-hybridized carbons (Fsp3) is 0.550. The van der Waals surface area contributed by atoms with E-state index in [1.165, 1.54) is 0 Å². The third-order valence-electron chi connectivity index (χ3n) is 4.79. The largest absolute Gasteiger partial charge is 0.481 e. The SMILES string of the molecule is COc1ccc(CN2CCCN(C(=O)c3sc(C(C)C)nc3C)CC2)cn1. The number of carbonyl (C=O) groups excluding carboxylic acids is 1. The maximum atomic E-state index is 13.0. The predicted molar refractivity (Wildman–Crippen MR) is 108 cm³/mol. The van der Waals surface area contributed by atoms with Crippen LogP contribution in [0.25, 0.3) is 0 Å². The smallest absolute Gasteiger partial charge is 0.265 e. The monoisotopic (exact) mass is 388 g/mol. The van der Waals surface area contributed by atoms with Gasteiger partial charge in [-0.1, -0.05) is 19.9 Å². The summed E-state index contributed by atoms with van der Waals surface area (Å²) in [5, 5.41) is 1.04. The van der Waals surface area contributed by atoms with Crippen molar-refractivity contribution in [2.24, 2.45) is 0 Å². The van der Waals surface area contributed by atoms with Crippen molar-refractivity contribution in [3.8, 4) is 5.88 Å². The van der Waals surface area contributed by atoms with Gasteiger partial charge in [0.1, 0.15) is 4.88 Å². The third-order valence-corrected chi connectivity index (χ3v) is 6.24. The number of carbonyl (C=O) groups is 1. The fourth-order valence-corrected chi connectivity index (χ4v) is 4.26. The van der Waals surface area contributed by atoms with Crippen LogP contribution in [-0.4, -0.2) is 59.0 Å². The molecule has 1 aliphatic heterocycles. The Hall–Kier alpha value is -1.99. The number of methoxy groups -OCH3 is 1. The zero-order valence-corrected chi connectivity index (χ0v) is 17.4. The molecule has 7 heteroatoms. The van der Waals surface area contributed by atoms with Gasteiger partial charge < -0.3 is 9.64 Å². The molecule has 0 atom stereocenters. The van der Waals surface area contributed by atoms with Crippen molar-refractivity contribution in [1.82, 2.24) is 19.8 Å². The normalized spacial score (nSPS) is 15.8. The fourth-order valence-electron chi connectivity index (χ4n) is 3.22. The second kappa shape index (κ2) is 8.80. The molecular formula is C20H28N4O2S. The van der Waals surface area contributed by atoms with Crippen molar-refractivity contribution < 1.29 is 9.53 Å². The number of rotatable bonds is 5. The molecule has 146 valence electrons. The lowest BCUT2D eigenvalue weighted by atomic mass is 10.2. The molecule has 1 amide bonds. The van der Waals surface area contributed by atoms with E-state index in [0.717, 1.165) is 60.3 Å². The van der Waals surface area contributed by atoms with Crippen LogP contribution in [0.15, 0.2) is 18.3 Å². The highest BCUT2D eigenvalue weighted by molar-refractivity contribution is 7.13. The number of aromatic nitrogens is 2. The minimum atomic E-state index is 0.130. The summed E-state index contributed by atoms with van der Waals surface area (Å²) in [6.45, 7) is 10.4. The topological polar surface area (TPSA) is 58.6 Å². The number of hydrogen-bond donors (Lipinski definition) is 0. The van der Waals surface area contributed by atoms with Crippen LogP contribution in [-0.2, 0) is 6.54 Å². The van der Waals surface area contributed by atoms with Crippen molar-refractivity contribution >= 4 is 17.2 Å².